The Balaban J connectivity index is 1.39. The Morgan fingerprint density at radius 2 is 1.90 bits per heavy atom. The largest absolute Gasteiger partial charge is 0.496 e. The van der Waals surface area contributed by atoms with Gasteiger partial charge in [-0.2, -0.15) is 0 Å². The Labute approximate surface area is 233 Å². The number of piperidine rings is 1. The highest BCUT2D eigenvalue weighted by molar-refractivity contribution is 6.03. The minimum atomic E-state index is -0.988. The molecule has 1 aliphatic carbocycles. The third-order valence-corrected chi connectivity index (χ3v) is 8.21. The maximum Gasteiger partial charge on any atom is 0.328 e. The molecule has 2 fully saturated rings. The van der Waals surface area contributed by atoms with E-state index in [0.717, 1.165) is 23.1 Å². The molecule has 3 aliphatic rings. The van der Waals surface area contributed by atoms with Gasteiger partial charge in [0.25, 0.3) is 5.91 Å². The maximum atomic E-state index is 13.9. The van der Waals surface area contributed by atoms with E-state index >= 15 is 0 Å². The smallest absolute Gasteiger partial charge is 0.328 e. The van der Waals surface area contributed by atoms with E-state index in [9.17, 15) is 19.2 Å². The van der Waals surface area contributed by atoms with Crippen LogP contribution in [0.4, 0.5) is 0 Å². The molecule has 9 heteroatoms. The van der Waals surface area contributed by atoms with Crippen molar-refractivity contribution in [3.63, 3.8) is 0 Å². The van der Waals surface area contributed by atoms with Gasteiger partial charge in [-0.3, -0.25) is 14.4 Å². The lowest BCUT2D eigenvalue weighted by Crippen LogP contribution is -2.52. The van der Waals surface area contributed by atoms with Gasteiger partial charge in [0.1, 0.15) is 17.8 Å². The molecule has 5 rings (SSSR count). The molecule has 0 unspecified atom stereocenters. The second-order valence-electron chi connectivity index (χ2n) is 10.6. The molecule has 0 spiro atoms. The number of carbonyl (C=O) groups excluding carboxylic acids is 4. The number of rotatable bonds is 8. The molecule has 2 aromatic carbocycles. The zero-order chi connectivity index (χ0) is 28.2. The highest BCUT2D eigenvalue weighted by Gasteiger charge is 2.43. The highest BCUT2D eigenvalue weighted by Crippen LogP contribution is 2.37. The van der Waals surface area contributed by atoms with Crippen molar-refractivity contribution < 1.29 is 28.7 Å². The van der Waals surface area contributed by atoms with Crippen LogP contribution in [-0.2, 0) is 30.3 Å². The molecule has 2 heterocycles. The lowest BCUT2D eigenvalue weighted by molar-refractivity contribution is -0.147. The molecule has 0 saturated carbocycles. The van der Waals surface area contributed by atoms with Crippen LogP contribution in [0.5, 0.6) is 5.75 Å². The van der Waals surface area contributed by atoms with Crippen LogP contribution in [0.1, 0.15) is 48.3 Å². The zero-order valence-electron chi connectivity index (χ0n) is 22.9. The van der Waals surface area contributed by atoms with E-state index in [4.69, 9.17) is 9.47 Å². The molecule has 3 amide bonds. The standard InChI is InChI=1S/C31H35N3O6/c1-39-27-12-6-10-20-14-22(15-24(20)27)30(37)34-18-23(19-8-4-3-5-9-19)17-26(34)29(36)33-25(31(38)40-2)16-21-11-7-13-32-28(21)35/h3-6,8-10,12,15,21,23,25-26H,7,11,13-14,16-18H2,1-2H3,(H,32,35)(H,33,36)/t21-,23+,25-,26-/m0/s1. The number of nitrogens with zero attached hydrogens (tertiary/aromatic N) is 1. The van der Waals surface area contributed by atoms with E-state index < -0.39 is 29.9 Å². The molecule has 4 atom stereocenters. The van der Waals surface area contributed by atoms with Gasteiger partial charge in [-0.25, -0.2) is 4.79 Å². The van der Waals surface area contributed by atoms with Gasteiger partial charge in [0.15, 0.2) is 0 Å². The Hall–Kier alpha value is -4.14. The average Bonchev–Trinajstić information content (AvgIpc) is 3.63. The van der Waals surface area contributed by atoms with Crippen LogP contribution in [0, 0.1) is 5.92 Å². The molecule has 2 aliphatic heterocycles. The van der Waals surface area contributed by atoms with Crippen molar-refractivity contribution in [2.24, 2.45) is 5.92 Å². The summed E-state index contributed by atoms with van der Waals surface area (Å²) in [4.78, 5) is 54.4. The van der Waals surface area contributed by atoms with E-state index in [1.807, 2.05) is 54.6 Å². The van der Waals surface area contributed by atoms with E-state index in [1.54, 1.807) is 12.0 Å². The van der Waals surface area contributed by atoms with E-state index in [1.165, 1.54) is 7.11 Å². The molecule has 2 N–H and O–H groups in total. The number of methoxy groups -OCH3 is 2. The Morgan fingerprint density at radius 3 is 2.62 bits per heavy atom. The monoisotopic (exact) mass is 545 g/mol. The van der Waals surface area contributed by atoms with Crippen molar-refractivity contribution in [2.75, 3.05) is 27.3 Å². The summed E-state index contributed by atoms with van der Waals surface area (Å²) in [5.41, 5.74) is 3.52. The lowest BCUT2D eigenvalue weighted by Gasteiger charge is -2.28. The van der Waals surface area contributed by atoms with Crippen LogP contribution in [-0.4, -0.2) is 68.0 Å². The number of nitrogens with one attached hydrogen (secondary N) is 2. The fourth-order valence-corrected chi connectivity index (χ4v) is 6.08. The second-order valence-corrected chi connectivity index (χ2v) is 10.6. The fourth-order valence-electron chi connectivity index (χ4n) is 6.08. The molecular weight excluding hydrogens is 510 g/mol. The number of hydrogen-bond acceptors (Lipinski definition) is 6. The third-order valence-electron chi connectivity index (χ3n) is 8.21. The van der Waals surface area contributed by atoms with E-state index in [0.29, 0.717) is 43.7 Å². The second kappa shape index (κ2) is 11.9. The normalized spacial score (nSPS) is 22.6. The molecule has 2 saturated heterocycles. The maximum absolute atomic E-state index is 13.9. The van der Waals surface area contributed by atoms with Crippen molar-refractivity contribution in [2.45, 2.75) is 50.1 Å². The van der Waals surface area contributed by atoms with Crippen LogP contribution in [0.15, 0.2) is 54.1 Å². The van der Waals surface area contributed by atoms with Crippen LogP contribution < -0.4 is 15.4 Å². The molecule has 0 radical (unpaired) electrons. The number of benzene rings is 2. The van der Waals surface area contributed by atoms with Crippen molar-refractivity contribution in [1.29, 1.82) is 0 Å². The van der Waals surface area contributed by atoms with Crippen LogP contribution in [0.2, 0.25) is 0 Å². The number of likely N-dealkylation sites (tertiary alicyclic amines) is 1. The first-order valence-corrected chi connectivity index (χ1v) is 13.8. The molecule has 40 heavy (non-hydrogen) atoms. The topological polar surface area (TPSA) is 114 Å². The molecule has 0 aromatic heterocycles. The van der Waals surface area contributed by atoms with Crippen LogP contribution >= 0.6 is 0 Å². The summed E-state index contributed by atoms with van der Waals surface area (Å²) < 4.78 is 10.5. The summed E-state index contributed by atoms with van der Waals surface area (Å²) >= 11 is 0. The lowest BCUT2D eigenvalue weighted by atomic mass is 9.91. The summed E-state index contributed by atoms with van der Waals surface area (Å²) in [5.74, 6) is -1.10. The van der Waals surface area contributed by atoms with Gasteiger partial charge < -0.3 is 25.0 Å². The number of fused-ring (bicyclic) bond motifs is 1. The number of hydrogen-bond donors (Lipinski definition) is 2. The summed E-state index contributed by atoms with van der Waals surface area (Å²) in [5, 5.41) is 5.66. The number of amides is 3. The van der Waals surface area contributed by atoms with Gasteiger partial charge >= 0.3 is 5.97 Å². The predicted octanol–water partition coefficient (Wildman–Crippen LogP) is 2.59. The average molecular weight is 546 g/mol. The van der Waals surface area contributed by atoms with E-state index in [2.05, 4.69) is 10.6 Å². The highest BCUT2D eigenvalue weighted by atomic mass is 16.5. The van der Waals surface area contributed by atoms with Gasteiger partial charge in [-0.15, -0.1) is 0 Å². The van der Waals surface area contributed by atoms with Gasteiger partial charge in [0.2, 0.25) is 11.8 Å². The Kier molecular flexibility index (Phi) is 8.19. The summed E-state index contributed by atoms with van der Waals surface area (Å²) in [6.45, 7) is 0.982. The summed E-state index contributed by atoms with van der Waals surface area (Å²) in [6.07, 6.45) is 4.31. The Morgan fingerprint density at radius 1 is 1.10 bits per heavy atom. The minimum Gasteiger partial charge on any atom is -0.496 e. The molecule has 2 aromatic rings. The molecule has 210 valence electrons. The van der Waals surface area contributed by atoms with E-state index in [-0.39, 0.29) is 24.2 Å². The van der Waals surface area contributed by atoms with Crippen molar-refractivity contribution in [3.05, 3.63) is 70.8 Å². The summed E-state index contributed by atoms with van der Waals surface area (Å²) in [7, 11) is 2.86. The van der Waals surface area contributed by atoms with Crippen molar-refractivity contribution >= 4 is 29.8 Å². The van der Waals surface area contributed by atoms with Gasteiger partial charge in [-0.1, -0.05) is 42.5 Å². The minimum absolute atomic E-state index is 0.0412. The predicted molar refractivity (Wildman–Crippen MR) is 148 cm³/mol. The first-order chi connectivity index (χ1) is 19.4. The number of esters is 1. The quantitative estimate of drug-likeness (QED) is 0.493. The van der Waals surface area contributed by atoms with Gasteiger partial charge in [0.05, 0.1) is 14.2 Å². The SMILES string of the molecule is COC(=O)[C@H](C[C@@H]1CCCNC1=O)NC(=O)[C@@H]1C[C@@H](c2ccccc2)CN1C(=O)C1=Cc2c(cccc2OC)C1. The number of ether oxygens (including phenoxy) is 2. The fraction of sp³-hybridized carbons (Fsp3) is 0.419. The van der Waals surface area contributed by atoms with Gasteiger partial charge in [0, 0.05) is 42.5 Å². The third kappa shape index (κ3) is 5.59. The first-order valence-electron chi connectivity index (χ1n) is 13.8. The molecular formula is C31H35N3O6. The van der Waals surface area contributed by atoms with Crippen LogP contribution in [0.25, 0.3) is 6.08 Å². The number of carbonyl (C=O) groups is 4. The molecule has 0 bridgehead atoms. The zero-order valence-corrected chi connectivity index (χ0v) is 22.9. The van der Waals surface area contributed by atoms with Crippen molar-refractivity contribution in [1.82, 2.24) is 15.5 Å². The first kappa shape index (κ1) is 27.4. The Bertz CT molecular complexity index is 1320. The van der Waals surface area contributed by atoms with Gasteiger partial charge in [-0.05, 0) is 49.0 Å². The van der Waals surface area contributed by atoms with Crippen LogP contribution in [0.3, 0.4) is 0 Å². The molecule has 9 nitrogen and oxygen atoms in total. The summed E-state index contributed by atoms with van der Waals surface area (Å²) in [6, 6.07) is 13.8. The van der Waals surface area contributed by atoms with Crippen molar-refractivity contribution in [3.8, 4) is 5.75 Å².